The fourth-order valence-corrected chi connectivity index (χ4v) is 8.58. The molecule has 0 atom stereocenters. The first-order chi connectivity index (χ1) is 24.5. The topological polar surface area (TPSA) is 125 Å². The van der Waals surface area contributed by atoms with E-state index in [0.29, 0.717) is 51.0 Å². The van der Waals surface area contributed by atoms with Crippen molar-refractivity contribution in [3.05, 3.63) is 70.0 Å². The number of sulfonamides is 1. The average Bonchev–Trinajstić information content (AvgIpc) is 3.58. The number of fused-ring (bicyclic) bond motifs is 5. The lowest BCUT2D eigenvalue weighted by molar-refractivity contribution is 0.0294. The molecule has 270 valence electrons. The Hall–Kier alpha value is -4.42. The molecule has 4 heterocycles. The first kappa shape index (κ1) is 35.0. The SMILES string of the molecule is CCn1nc(C)c(C2=Cc3cc(OC)ccc3-c3c(C4CCCCC4)c4ccc(C(=O)NS(=O)(=O)C(C)C)cc4n3C2)c1C(=O)N1CCOCC1. The van der Waals surface area contributed by atoms with E-state index in [9.17, 15) is 18.0 Å². The molecule has 2 amide bonds. The fourth-order valence-electron chi connectivity index (χ4n) is 7.97. The Morgan fingerprint density at radius 3 is 2.49 bits per heavy atom. The number of nitrogens with one attached hydrogen (secondary N) is 1. The molecule has 0 radical (unpaired) electrons. The van der Waals surface area contributed by atoms with Crippen LogP contribution < -0.4 is 9.46 Å². The Labute approximate surface area is 299 Å². The van der Waals surface area contributed by atoms with Crippen LogP contribution in [0.4, 0.5) is 0 Å². The highest BCUT2D eigenvalue weighted by Crippen LogP contribution is 2.48. The van der Waals surface area contributed by atoms with Crippen LogP contribution >= 0.6 is 0 Å². The Morgan fingerprint density at radius 2 is 1.80 bits per heavy atom. The van der Waals surface area contributed by atoms with Crippen molar-refractivity contribution in [2.75, 3.05) is 33.4 Å². The molecule has 0 unspecified atom stereocenters. The van der Waals surface area contributed by atoms with Crippen LogP contribution in [0.2, 0.25) is 0 Å². The molecule has 2 fully saturated rings. The predicted molar refractivity (Wildman–Crippen MR) is 199 cm³/mol. The van der Waals surface area contributed by atoms with Crippen LogP contribution in [0.25, 0.3) is 33.8 Å². The summed E-state index contributed by atoms with van der Waals surface area (Å²) in [4.78, 5) is 29.6. The molecule has 2 aromatic heterocycles. The third kappa shape index (κ3) is 6.37. The van der Waals surface area contributed by atoms with Crippen LogP contribution in [-0.2, 0) is 27.8 Å². The van der Waals surface area contributed by atoms with E-state index in [4.69, 9.17) is 14.6 Å². The molecule has 1 aliphatic carbocycles. The van der Waals surface area contributed by atoms with Gasteiger partial charge in [0.25, 0.3) is 11.8 Å². The van der Waals surface area contributed by atoms with Crippen molar-refractivity contribution in [2.45, 2.75) is 84.1 Å². The molecule has 4 aromatic rings. The van der Waals surface area contributed by atoms with Gasteiger partial charge in [-0.3, -0.25) is 14.3 Å². The number of rotatable bonds is 8. The molecular formula is C39H47N5O6S. The van der Waals surface area contributed by atoms with Gasteiger partial charge in [0.2, 0.25) is 10.0 Å². The molecule has 51 heavy (non-hydrogen) atoms. The molecule has 2 aliphatic heterocycles. The first-order valence-electron chi connectivity index (χ1n) is 18.1. The van der Waals surface area contributed by atoms with Crippen molar-refractivity contribution in [2.24, 2.45) is 0 Å². The van der Waals surface area contributed by atoms with Crippen LogP contribution in [0, 0.1) is 6.92 Å². The molecular weight excluding hydrogens is 667 g/mol. The number of hydrogen-bond donors (Lipinski definition) is 1. The van der Waals surface area contributed by atoms with Gasteiger partial charge >= 0.3 is 0 Å². The Bertz CT molecular complexity index is 2150. The summed E-state index contributed by atoms with van der Waals surface area (Å²) in [5.74, 6) is 0.313. The fraction of sp³-hybridized carbons (Fsp3) is 0.462. The van der Waals surface area contributed by atoms with Gasteiger partial charge in [0, 0.05) is 53.8 Å². The highest BCUT2D eigenvalue weighted by atomic mass is 32.2. The van der Waals surface area contributed by atoms with Gasteiger partial charge in [0.15, 0.2) is 0 Å². The summed E-state index contributed by atoms with van der Waals surface area (Å²) < 4.78 is 43.1. The van der Waals surface area contributed by atoms with Gasteiger partial charge in [0.1, 0.15) is 11.4 Å². The number of ether oxygens (including phenoxy) is 2. The van der Waals surface area contributed by atoms with Crippen LogP contribution in [0.3, 0.4) is 0 Å². The van der Waals surface area contributed by atoms with E-state index in [2.05, 4.69) is 21.4 Å². The molecule has 12 heteroatoms. The second-order valence-corrected chi connectivity index (χ2v) is 16.3. The largest absolute Gasteiger partial charge is 0.497 e. The standard InChI is InChI=1S/C39H47N5O6S/c1-6-44-37(39(46)42-16-18-50-19-17-42)34(25(4)40-44)29-20-28-21-30(49-5)13-15-31(28)36-35(26-10-8-7-9-11-26)32-14-12-27(22-33(32)43(36)23-29)38(45)41-51(47,48)24(2)3/h12-15,20-22,24,26H,6-11,16-19,23H2,1-5H3,(H,41,45). The lowest BCUT2D eigenvalue weighted by atomic mass is 9.81. The molecule has 0 spiro atoms. The van der Waals surface area contributed by atoms with Crippen LogP contribution in [0.15, 0.2) is 36.4 Å². The summed E-state index contributed by atoms with van der Waals surface area (Å²) in [5, 5.41) is 5.17. The van der Waals surface area contributed by atoms with Gasteiger partial charge < -0.3 is 18.9 Å². The number of carbonyl (C=O) groups excluding carboxylic acids is 2. The Morgan fingerprint density at radius 1 is 1.06 bits per heavy atom. The maximum absolute atomic E-state index is 14.3. The lowest BCUT2D eigenvalue weighted by Gasteiger charge is -2.27. The van der Waals surface area contributed by atoms with Gasteiger partial charge in [0.05, 0.1) is 37.0 Å². The maximum atomic E-state index is 14.3. The van der Waals surface area contributed by atoms with Gasteiger partial charge in [-0.05, 0) is 99.6 Å². The normalized spacial score (nSPS) is 16.8. The third-order valence-corrected chi connectivity index (χ3v) is 12.4. The van der Waals surface area contributed by atoms with E-state index < -0.39 is 21.2 Å². The van der Waals surface area contributed by atoms with Crippen molar-refractivity contribution in [3.8, 4) is 17.0 Å². The number of aryl methyl sites for hydroxylation is 2. The zero-order chi connectivity index (χ0) is 36.0. The van der Waals surface area contributed by atoms with Crippen LogP contribution in [0.1, 0.15) is 102 Å². The van der Waals surface area contributed by atoms with E-state index in [1.807, 2.05) is 43.0 Å². The molecule has 1 saturated heterocycles. The number of aromatic nitrogens is 3. The smallest absolute Gasteiger partial charge is 0.272 e. The summed E-state index contributed by atoms with van der Waals surface area (Å²) >= 11 is 0. The van der Waals surface area contributed by atoms with Crippen molar-refractivity contribution in [1.29, 1.82) is 0 Å². The maximum Gasteiger partial charge on any atom is 0.272 e. The second-order valence-electron chi connectivity index (χ2n) is 14.1. The van der Waals surface area contributed by atoms with E-state index in [1.165, 1.54) is 12.0 Å². The van der Waals surface area contributed by atoms with Crippen molar-refractivity contribution < 1.29 is 27.5 Å². The minimum absolute atomic E-state index is 0.0717. The number of allylic oxidation sites excluding steroid dienone is 1. The summed E-state index contributed by atoms with van der Waals surface area (Å²) in [6.07, 6.45) is 7.78. The summed E-state index contributed by atoms with van der Waals surface area (Å²) in [7, 11) is -2.17. The van der Waals surface area contributed by atoms with E-state index in [-0.39, 0.29) is 11.5 Å². The number of methoxy groups -OCH3 is 1. The van der Waals surface area contributed by atoms with Gasteiger partial charge in [-0.25, -0.2) is 13.1 Å². The molecule has 2 aromatic carbocycles. The van der Waals surface area contributed by atoms with Crippen LogP contribution in [-0.4, -0.2) is 78.1 Å². The molecule has 7 rings (SSSR count). The summed E-state index contributed by atoms with van der Waals surface area (Å²) in [5.41, 5.74) is 8.48. The summed E-state index contributed by atoms with van der Waals surface area (Å²) in [6, 6.07) is 11.7. The zero-order valence-corrected chi connectivity index (χ0v) is 30.9. The van der Waals surface area contributed by atoms with Gasteiger partial charge in [-0.2, -0.15) is 5.10 Å². The highest BCUT2D eigenvalue weighted by Gasteiger charge is 2.33. The molecule has 1 N–H and O–H groups in total. The van der Waals surface area contributed by atoms with Gasteiger partial charge in [-0.15, -0.1) is 0 Å². The number of carbonyl (C=O) groups is 2. The van der Waals surface area contributed by atoms with Crippen LogP contribution in [0.5, 0.6) is 5.75 Å². The Kier molecular flexibility index (Phi) is 9.57. The number of hydrogen-bond acceptors (Lipinski definition) is 7. The van der Waals surface area contributed by atoms with E-state index in [0.717, 1.165) is 76.0 Å². The minimum atomic E-state index is -3.83. The third-order valence-electron chi connectivity index (χ3n) is 10.7. The van der Waals surface area contributed by atoms with Crippen molar-refractivity contribution >= 4 is 44.4 Å². The van der Waals surface area contributed by atoms with Crippen molar-refractivity contribution in [3.63, 3.8) is 0 Å². The highest BCUT2D eigenvalue weighted by molar-refractivity contribution is 7.90. The number of benzene rings is 2. The molecule has 1 saturated carbocycles. The first-order valence-corrected chi connectivity index (χ1v) is 19.6. The number of morpholine rings is 1. The monoisotopic (exact) mass is 713 g/mol. The molecule has 0 bridgehead atoms. The second kappa shape index (κ2) is 14.0. The zero-order valence-electron chi connectivity index (χ0n) is 30.1. The van der Waals surface area contributed by atoms with Crippen molar-refractivity contribution in [1.82, 2.24) is 24.0 Å². The Balaban J connectivity index is 1.48. The van der Waals surface area contributed by atoms with Gasteiger partial charge in [-0.1, -0.05) is 25.3 Å². The number of nitrogens with zero attached hydrogens (tertiary/aromatic N) is 4. The lowest BCUT2D eigenvalue weighted by Crippen LogP contribution is -2.41. The molecule has 3 aliphatic rings. The van der Waals surface area contributed by atoms with E-state index >= 15 is 0 Å². The molecule has 11 nitrogen and oxygen atoms in total. The quantitative estimate of drug-likeness (QED) is 0.225. The predicted octanol–water partition coefficient (Wildman–Crippen LogP) is 6.38. The van der Waals surface area contributed by atoms with E-state index in [1.54, 1.807) is 31.7 Å². The summed E-state index contributed by atoms with van der Waals surface area (Å²) in [6.45, 7) is 9.99. The number of amides is 2. The minimum Gasteiger partial charge on any atom is -0.497 e. The average molecular weight is 714 g/mol.